The highest BCUT2D eigenvalue weighted by molar-refractivity contribution is 7.71. The van der Waals surface area contributed by atoms with Crippen molar-refractivity contribution in [2.24, 2.45) is 0 Å². The Balaban J connectivity index is 2.44. The van der Waals surface area contributed by atoms with Crippen LogP contribution in [0.1, 0.15) is 37.1 Å². The number of hydrogen-bond donors (Lipinski definition) is 2. The second-order valence-electron chi connectivity index (χ2n) is 5.00. The van der Waals surface area contributed by atoms with Gasteiger partial charge < -0.3 is 9.72 Å². The van der Waals surface area contributed by atoms with Crippen molar-refractivity contribution in [1.82, 2.24) is 9.97 Å². The minimum Gasteiger partial charge on any atom is -0.493 e. The third-order valence-electron chi connectivity index (χ3n) is 3.33. The molecule has 118 valence electrons. The zero-order valence-electron chi connectivity index (χ0n) is 12.7. The largest absolute Gasteiger partial charge is 0.493 e. The van der Waals surface area contributed by atoms with Crippen molar-refractivity contribution in [2.75, 3.05) is 6.61 Å². The van der Waals surface area contributed by atoms with Gasteiger partial charge in [-0.2, -0.15) is 0 Å². The van der Waals surface area contributed by atoms with E-state index in [0.717, 1.165) is 23.4 Å². The highest BCUT2D eigenvalue weighted by atomic mass is 35.5. The molecule has 1 aromatic heterocycles. The Labute approximate surface area is 139 Å². The lowest BCUT2D eigenvalue weighted by molar-refractivity contribution is 0.314. The van der Waals surface area contributed by atoms with Gasteiger partial charge in [-0.05, 0) is 43.3 Å². The van der Waals surface area contributed by atoms with E-state index in [-0.39, 0.29) is 5.56 Å². The lowest BCUT2D eigenvalue weighted by Crippen LogP contribution is -2.18. The van der Waals surface area contributed by atoms with Crippen LogP contribution in [-0.4, -0.2) is 16.6 Å². The van der Waals surface area contributed by atoms with E-state index in [9.17, 15) is 4.79 Å². The van der Waals surface area contributed by atoms with E-state index < -0.39 is 0 Å². The molecule has 0 saturated heterocycles. The lowest BCUT2D eigenvalue weighted by atomic mass is 10.0. The minimum absolute atomic E-state index is 0.165. The highest BCUT2D eigenvalue weighted by Gasteiger charge is 2.12. The first-order chi connectivity index (χ1) is 10.5. The van der Waals surface area contributed by atoms with Gasteiger partial charge in [0.15, 0.2) is 4.77 Å². The molecule has 0 radical (unpaired) electrons. The molecule has 6 heteroatoms. The first-order valence-electron chi connectivity index (χ1n) is 7.30. The van der Waals surface area contributed by atoms with Gasteiger partial charge in [-0.25, -0.2) is 0 Å². The van der Waals surface area contributed by atoms with Gasteiger partial charge in [0, 0.05) is 28.3 Å². The normalized spacial score (nSPS) is 10.7. The van der Waals surface area contributed by atoms with Crippen LogP contribution in [0.15, 0.2) is 23.0 Å². The number of hydrogen-bond acceptors (Lipinski definition) is 3. The maximum atomic E-state index is 12.2. The van der Waals surface area contributed by atoms with E-state index in [0.29, 0.717) is 34.8 Å². The van der Waals surface area contributed by atoms with Crippen LogP contribution < -0.4 is 10.3 Å². The van der Waals surface area contributed by atoms with E-state index >= 15 is 0 Å². The maximum Gasteiger partial charge on any atom is 0.255 e. The van der Waals surface area contributed by atoms with Crippen molar-refractivity contribution < 1.29 is 4.74 Å². The van der Waals surface area contributed by atoms with Crippen molar-refractivity contribution in [3.8, 4) is 5.75 Å². The molecule has 2 N–H and O–H groups in total. The van der Waals surface area contributed by atoms with E-state index in [1.807, 2.05) is 26.0 Å². The highest BCUT2D eigenvalue weighted by Crippen LogP contribution is 2.25. The molecule has 0 fully saturated rings. The standard InChI is InChI=1S/C16H19ClN2O2S/c1-3-7-21-14-6-5-11(17)8-10(14)9-12-13(4-2)18-16(22)19-15(12)20/h5-6,8H,3-4,7,9H2,1-2H3,(H2,18,19,20,22). The summed E-state index contributed by atoms with van der Waals surface area (Å²) in [4.78, 5) is 17.9. The van der Waals surface area contributed by atoms with E-state index in [2.05, 4.69) is 9.97 Å². The second kappa shape index (κ2) is 7.61. The van der Waals surface area contributed by atoms with E-state index in [1.54, 1.807) is 6.07 Å². The van der Waals surface area contributed by atoms with Gasteiger partial charge in [0.05, 0.1) is 6.61 Å². The molecule has 2 rings (SSSR count). The SMILES string of the molecule is CCCOc1ccc(Cl)cc1Cc1c(CC)[nH]c(=S)[nH]c1=O. The molecule has 0 unspecified atom stereocenters. The molecule has 0 aliphatic carbocycles. The van der Waals surface area contributed by atoms with Gasteiger partial charge >= 0.3 is 0 Å². The Morgan fingerprint density at radius 2 is 2.05 bits per heavy atom. The fraction of sp³-hybridized carbons (Fsp3) is 0.375. The van der Waals surface area contributed by atoms with Gasteiger partial charge in [0.25, 0.3) is 5.56 Å². The average molecular weight is 339 g/mol. The third-order valence-corrected chi connectivity index (χ3v) is 3.77. The van der Waals surface area contributed by atoms with Crippen LogP contribution in [0.25, 0.3) is 0 Å². The summed E-state index contributed by atoms with van der Waals surface area (Å²) in [6.45, 7) is 4.66. The molecule has 4 nitrogen and oxygen atoms in total. The van der Waals surface area contributed by atoms with Crippen LogP contribution in [-0.2, 0) is 12.8 Å². The number of H-pyrrole nitrogens is 2. The zero-order valence-corrected chi connectivity index (χ0v) is 14.2. The third kappa shape index (κ3) is 3.99. The predicted octanol–water partition coefficient (Wildman–Crippen LogP) is 4.03. The van der Waals surface area contributed by atoms with Crippen molar-refractivity contribution in [1.29, 1.82) is 0 Å². The smallest absolute Gasteiger partial charge is 0.255 e. The van der Waals surface area contributed by atoms with Crippen molar-refractivity contribution in [3.63, 3.8) is 0 Å². The van der Waals surface area contributed by atoms with Gasteiger partial charge in [0.1, 0.15) is 5.75 Å². The van der Waals surface area contributed by atoms with E-state index in [1.165, 1.54) is 0 Å². The molecule has 22 heavy (non-hydrogen) atoms. The fourth-order valence-electron chi connectivity index (χ4n) is 2.28. The van der Waals surface area contributed by atoms with Crippen molar-refractivity contribution in [2.45, 2.75) is 33.1 Å². The van der Waals surface area contributed by atoms with Gasteiger partial charge in [0.2, 0.25) is 0 Å². The fourth-order valence-corrected chi connectivity index (χ4v) is 2.69. The molecular weight excluding hydrogens is 320 g/mol. The second-order valence-corrected chi connectivity index (χ2v) is 5.84. The number of aryl methyl sites for hydroxylation is 1. The Kier molecular flexibility index (Phi) is 5.80. The van der Waals surface area contributed by atoms with Gasteiger partial charge in [-0.3, -0.25) is 9.78 Å². The monoisotopic (exact) mass is 338 g/mol. The number of aromatic nitrogens is 2. The number of rotatable bonds is 6. The number of nitrogens with one attached hydrogen (secondary N) is 2. The number of halogens is 1. The van der Waals surface area contributed by atoms with Crippen LogP contribution in [0.5, 0.6) is 5.75 Å². The minimum atomic E-state index is -0.165. The summed E-state index contributed by atoms with van der Waals surface area (Å²) in [5, 5.41) is 0.622. The van der Waals surface area contributed by atoms with E-state index in [4.69, 9.17) is 28.6 Å². The zero-order chi connectivity index (χ0) is 16.1. The predicted molar refractivity (Wildman–Crippen MR) is 91.7 cm³/mol. The first-order valence-corrected chi connectivity index (χ1v) is 8.09. The van der Waals surface area contributed by atoms with Gasteiger partial charge in [-0.15, -0.1) is 0 Å². The summed E-state index contributed by atoms with van der Waals surface area (Å²) in [5.41, 5.74) is 2.24. The van der Waals surface area contributed by atoms with Crippen LogP contribution >= 0.6 is 23.8 Å². The number of benzene rings is 1. The molecule has 0 spiro atoms. The molecule has 1 heterocycles. The molecule has 0 saturated carbocycles. The summed E-state index contributed by atoms with van der Waals surface area (Å²) in [7, 11) is 0. The Hall–Kier alpha value is -1.59. The summed E-state index contributed by atoms with van der Waals surface area (Å²) in [6.07, 6.45) is 2.07. The van der Waals surface area contributed by atoms with Gasteiger partial charge in [-0.1, -0.05) is 25.4 Å². The van der Waals surface area contributed by atoms with Crippen LogP contribution in [0, 0.1) is 4.77 Å². The molecule has 0 atom stereocenters. The number of ether oxygens (including phenoxy) is 1. The topological polar surface area (TPSA) is 57.9 Å². The molecule has 0 aliphatic rings. The number of aromatic amines is 2. The Bertz CT molecular complexity index is 767. The first kappa shape index (κ1) is 16.8. The maximum absolute atomic E-state index is 12.2. The summed E-state index contributed by atoms with van der Waals surface area (Å²) < 4.78 is 6.10. The molecule has 0 amide bonds. The quantitative estimate of drug-likeness (QED) is 0.782. The van der Waals surface area contributed by atoms with Crippen LogP contribution in [0.3, 0.4) is 0 Å². The summed E-state index contributed by atoms with van der Waals surface area (Å²) in [6, 6.07) is 5.48. The Morgan fingerprint density at radius 3 is 2.73 bits per heavy atom. The molecule has 1 aromatic carbocycles. The molecule has 0 aliphatic heterocycles. The molecular formula is C16H19ClN2O2S. The van der Waals surface area contributed by atoms with Crippen LogP contribution in [0.2, 0.25) is 5.02 Å². The summed E-state index contributed by atoms with van der Waals surface area (Å²) in [5.74, 6) is 0.759. The molecule has 2 aromatic rings. The summed E-state index contributed by atoms with van der Waals surface area (Å²) >= 11 is 11.1. The lowest BCUT2D eigenvalue weighted by Gasteiger charge is -2.13. The Morgan fingerprint density at radius 1 is 1.27 bits per heavy atom. The average Bonchev–Trinajstić information content (AvgIpc) is 2.48. The van der Waals surface area contributed by atoms with Crippen molar-refractivity contribution in [3.05, 3.63) is 55.2 Å². The van der Waals surface area contributed by atoms with Crippen molar-refractivity contribution >= 4 is 23.8 Å². The molecule has 0 bridgehead atoms. The van der Waals surface area contributed by atoms with Crippen LogP contribution in [0.4, 0.5) is 0 Å².